The van der Waals surface area contributed by atoms with E-state index in [1.165, 1.54) is 6.07 Å². The number of nitrogens with one attached hydrogen (secondary N) is 1. The van der Waals surface area contributed by atoms with Crippen LogP contribution in [0.5, 0.6) is 0 Å². The van der Waals surface area contributed by atoms with E-state index in [1.54, 1.807) is 18.2 Å². The second kappa shape index (κ2) is 7.93. The number of hydrogen-bond acceptors (Lipinski definition) is 4. The number of carbonyl (C=O) groups is 1. The van der Waals surface area contributed by atoms with Crippen LogP contribution < -0.4 is 5.32 Å². The van der Waals surface area contributed by atoms with Gasteiger partial charge in [-0.1, -0.05) is 17.7 Å². The van der Waals surface area contributed by atoms with Crippen LogP contribution in [0.4, 0.5) is 10.1 Å². The first-order valence-corrected chi connectivity index (χ1v) is 10.1. The third kappa shape index (κ3) is 4.30. The Morgan fingerprint density at radius 3 is 2.56 bits per heavy atom. The van der Waals surface area contributed by atoms with Gasteiger partial charge in [0.05, 0.1) is 23.9 Å². The molecule has 6 nitrogen and oxygen atoms in total. The summed E-state index contributed by atoms with van der Waals surface area (Å²) >= 11 is 6.10. The highest BCUT2D eigenvalue weighted by Crippen LogP contribution is 2.25. The summed E-state index contributed by atoms with van der Waals surface area (Å²) < 4.78 is 45.9. The molecular formula is C18H18ClFN2O4S. The molecule has 2 aromatic carbocycles. The number of nitrogens with zero attached hydrogens (tertiary/aromatic N) is 1. The number of morpholine rings is 1. The van der Waals surface area contributed by atoms with Crippen molar-refractivity contribution in [1.29, 1.82) is 0 Å². The molecule has 1 heterocycles. The highest BCUT2D eigenvalue weighted by Gasteiger charge is 2.29. The van der Waals surface area contributed by atoms with Gasteiger partial charge >= 0.3 is 0 Å². The lowest BCUT2D eigenvalue weighted by molar-refractivity contribution is 0.0729. The smallest absolute Gasteiger partial charge is 0.255 e. The van der Waals surface area contributed by atoms with Crippen LogP contribution in [0, 0.1) is 12.7 Å². The molecule has 0 radical (unpaired) electrons. The largest absolute Gasteiger partial charge is 0.379 e. The predicted octanol–water partition coefficient (Wildman–Crippen LogP) is 3.06. The number of hydrogen-bond donors (Lipinski definition) is 1. The number of rotatable bonds is 4. The standard InChI is InChI=1S/C18H18ClFN2O4S/c1-12-2-5-16(14(19)10-12)21-18(23)13-3-4-15(20)17(11-13)27(24,25)22-6-8-26-9-7-22/h2-5,10-11H,6-9H2,1H3,(H,21,23). The van der Waals surface area contributed by atoms with Gasteiger partial charge in [-0.2, -0.15) is 4.31 Å². The summed E-state index contributed by atoms with van der Waals surface area (Å²) in [5, 5.41) is 2.96. The predicted molar refractivity (Wildman–Crippen MR) is 100 cm³/mol. The van der Waals surface area contributed by atoms with E-state index in [1.807, 2.05) is 6.92 Å². The molecule has 2 aromatic rings. The minimum atomic E-state index is -4.06. The SMILES string of the molecule is Cc1ccc(NC(=O)c2ccc(F)c(S(=O)(=O)N3CCOCC3)c2)c(Cl)c1. The van der Waals surface area contributed by atoms with E-state index in [0.29, 0.717) is 10.7 Å². The van der Waals surface area contributed by atoms with Gasteiger partial charge in [-0.3, -0.25) is 4.79 Å². The Bertz CT molecular complexity index is 975. The van der Waals surface area contributed by atoms with Crippen molar-refractivity contribution < 1.29 is 22.3 Å². The Labute approximate surface area is 161 Å². The molecule has 1 amide bonds. The molecule has 27 heavy (non-hydrogen) atoms. The van der Waals surface area contributed by atoms with Crippen LogP contribution in [0.1, 0.15) is 15.9 Å². The Hall–Kier alpha value is -2.00. The number of aryl methyl sites for hydroxylation is 1. The van der Waals surface area contributed by atoms with Crippen molar-refractivity contribution in [2.24, 2.45) is 0 Å². The Kier molecular flexibility index (Phi) is 5.81. The molecular weight excluding hydrogens is 395 g/mol. The number of halogens is 2. The van der Waals surface area contributed by atoms with Crippen LogP contribution in [0.3, 0.4) is 0 Å². The van der Waals surface area contributed by atoms with Crippen molar-refractivity contribution >= 4 is 33.2 Å². The topological polar surface area (TPSA) is 75.7 Å². The van der Waals surface area contributed by atoms with Gasteiger partial charge in [-0.05, 0) is 42.8 Å². The van der Waals surface area contributed by atoms with Crippen molar-refractivity contribution in [3.05, 3.63) is 58.4 Å². The van der Waals surface area contributed by atoms with E-state index < -0.39 is 26.6 Å². The number of carbonyl (C=O) groups excluding carboxylic acids is 1. The molecule has 0 aromatic heterocycles. The zero-order valence-corrected chi connectivity index (χ0v) is 16.1. The fraction of sp³-hybridized carbons (Fsp3) is 0.278. The van der Waals surface area contributed by atoms with Gasteiger partial charge in [-0.15, -0.1) is 0 Å². The van der Waals surface area contributed by atoms with Crippen molar-refractivity contribution in [1.82, 2.24) is 4.31 Å². The van der Waals surface area contributed by atoms with Crippen molar-refractivity contribution in [2.75, 3.05) is 31.6 Å². The molecule has 0 aliphatic carbocycles. The van der Waals surface area contributed by atoms with E-state index in [4.69, 9.17) is 16.3 Å². The Morgan fingerprint density at radius 2 is 1.89 bits per heavy atom. The summed E-state index contributed by atoms with van der Waals surface area (Å²) in [4.78, 5) is 12.0. The lowest BCUT2D eigenvalue weighted by Crippen LogP contribution is -2.41. The van der Waals surface area contributed by atoms with Crippen LogP contribution in [-0.4, -0.2) is 44.9 Å². The molecule has 1 saturated heterocycles. The second-order valence-corrected chi connectivity index (χ2v) is 8.41. The first-order chi connectivity index (χ1) is 12.8. The molecule has 0 spiro atoms. The first kappa shape index (κ1) is 19.8. The van der Waals surface area contributed by atoms with Gasteiger partial charge in [-0.25, -0.2) is 12.8 Å². The first-order valence-electron chi connectivity index (χ1n) is 8.24. The maximum Gasteiger partial charge on any atom is 0.255 e. The summed E-state index contributed by atoms with van der Waals surface area (Å²) in [7, 11) is -4.06. The molecule has 1 N–H and O–H groups in total. The Morgan fingerprint density at radius 1 is 1.19 bits per heavy atom. The molecule has 0 atom stereocenters. The van der Waals surface area contributed by atoms with Gasteiger partial charge in [0.15, 0.2) is 0 Å². The van der Waals surface area contributed by atoms with Crippen LogP contribution in [0.2, 0.25) is 5.02 Å². The van der Waals surface area contributed by atoms with Gasteiger partial charge in [0.2, 0.25) is 10.0 Å². The van der Waals surface area contributed by atoms with Crippen LogP contribution in [-0.2, 0) is 14.8 Å². The number of amides is 1. The van der Waals surface area contributed by atoms with E-state index in [0.717, 1.165) is 22.0 Å². The van der Waals surface area contributed by atoms with E-state index in [9.17, 15) is 17.6 Å². The van der Waals surface area contributed by atoms with Crippen LogP contribution in [0.15, 0.2) is 41.3 Å². The number of ether oxygens (including phenoxy) is 1. The van der Waals surface area contributed by atoms with Gasteiger partial charge < -0.3 is 10.1 Å². The van der Waals surface area contributed by atoms with Gasteiger partial charge in [0.1, 0.15) is 10.7 Å². The summed E-state index contributed by atoms with van der Waals surface area (Å²) in [6, 6.07) is 8.35. The highest BCUT2D eigenvalue weighted by molar-refractivity contribution is 7.89. The monoisotopic (exact) mass is 412 g/mol. The zero-order chi connectivity index (χ0) is 19.6. The third-order valence-corrected chi connectivity index (χ3v) is 6.38. The normalized spacial score (nSPS) is 15.5. The number of sulfonamides is 1. The van der Waals surface area contributed by atoms with Gasteiger partial charge in [0, 0.05) is 18.7 Å². The maximum absolute atomic E-state index is 14.2. The quantitative estimate of drug-likeness (QED) is 0.837. The summed E-state index contributed by atoms with van der Waals surface area (Å²) in [6.45, 7) is 2.62. The fourth-order valence-electron chi connectivity index (χ4n) is 2.68. The molecule has 3 rings (SSSR count). The molecule has 1 fully saturated rings. The van der Waals surface area contributed by atoms with Crippen LogP contribution >= 0.6 is 11.6 Å². The van der Waals surface area contributed by atoms with Crippen LogP contribution in [0.25, 0.3) is 0 Å². The molecule has 0 unspecified atom stereocenters. The van der Waals surface area contributed by atoms with Crippen molar-refractivity contribution in [3.8, 4) is 0 Å². The summed E-state index contributed by atoms with van der Waals surface area (Å²) in [5.41, 5.74) is 1.33. The van der Waals surface area contributed by atoms with Gasteiger partial charge in [0.25, 0.3) is 5.91 Å². The lowest BCUT2D eigenvalue weighted by atomic mass is 10.2. The van der Waals surface area contributed by atoms with E-state index >= 15 is 0 Å². The molecule has 0 bridgehead atoms. The number of anilines is 1. The molecule has 1 aliphatic rings. The molecule has 9 heteroatoms. The van der Waals surface area contributed by atoms with E-state index in [-0.39, 0.29) is 31.9 Å². The molecule has 0 saturated carbocycles. The highest BCUT2D eigenvalue weighted by atomic mass is 35.5. The average Bonchev–Trinajstić information content (AvgIpc) is 2.65. The Balaban J connectivity index is 1.89. The maximum atomic E-state index is 14.2. The number of benzene rings is 2. The minimum absolute atomic E-state index is 0.0138. The minimum Gasteiger partial charge on any atom is -0.379 e. The van der Waals surface area contributed by atoms with E-state index in [2.05, 4.69) is 5.32 Å². The van der Waals surface area contributed by atoms with Crippen molar-refractivity contribution in [3.63, 3.8) is 0 Å². The molecule has 144 valence electrons. The summed E-state index contributed by atoms with van der Waals surface area (Å²) in [6.07, 6.45) is 0. The summed E-state index contributed by atoms with van der Waals surface area (Å²) in [5.74, 6) is -1.49. The molecule has 1 aliphatic heterocycles. The average molecular weight is 413 g/mol. The second-order valence-electron chi connectivity index (χ2n) is 6.10. The lowest BCUT2D eigenvalue weighted by Gasteiger charge is -2.26. The van der Waals surface area contributed by atoms with Crippen molar-refractivity contribution in [2.45, 2.75) is 11.8 Å². The third-order valence-electron chi connectivity index (χ3n) is 4.15. The zero-order valence-electron chi connectivity index (χ0n) is 14.5. The fourth-order valence-corrected chi connectivity index (χ4v) is 4.46.